The number of hydrogen-bond donors (Lipinski definition) is 0. The van der Waals surface area contributed by atoms with Crippen molar-refractivity contribution in [3.63, 3.8) is 0 Å². The van der Waals surface area contributed by atoms with Crippen molar-refractivity contribution >= 4 is 54.6 Å². The zero-order valence-corrected chi connectivity index (χ0v) is 22.9. The number of aromatic nitrogens is 4. The average molecular weight is 551 g/mol. The van der Waals surface area contributed by atoms with Crippen molar-refractivity contribution in [1.29, 1.82) is 0 Å². The van der Waals surface area contributed by atoms with Crippen LogP contribution in [0.4, 0.5) is 0 Å². The molecule has 0 atom stereocenters. The Hall–Kier alpha value is -5.94. The highest BCUT2D eigenvalue weighted by atomic mass is 16.3. The van der Waals surface area contributed by atoms with Gasteiger partial charge in [0.15, 0.2) is 5.58 Å². The van der Waals surface area contributed by atoms with Crippen LogP contribution in [0.1, 0.15) is 0 Å². The molecule has 0 radical (unpaired) electrons. The van der Waals surface area contributed by atoms with E-state index in [1.807, 2.05) is 60.8 Å². The smallest absolute Gasteiger partial charge is 0.227 e. The summed E-state index contributed by atoms with van der Waals surface area (Å²) < 4.78 is 6.24. The third kappa shape index (κ3) is 3.79. The number of oxazole rings is 1. The van der Waals surface area contributed by atoms with Crippen molar-refractivity contribution in [1.82, 2.24) is 19.9 Å². The normalized spacial score (nSPS) is 11.7. The fourth-order valence-electron chi connectivity index (χ4n) is 6.03. The molecule has 5 aromatic carbocycles. The summed E-state index contributed by atoms with van der Waals surface area (Å²) in [6.07, 6.45) is 1.82. The monoisotopic (exact) mass is 550 g/mol. The first-order chi connectivity index (χ1) is 21.3. The Labute approximate surface area is 246 Å². The van der Waals surface area contributed by atoms with E-state index in [-0.39, 0.29) is 0 Å². The molecule has 43 heavy (non-hydrogen) atoms. The molecule has 9 rings (SSSR count). The Balaban J connectivity index is 1.20. The molecule has 0 saturated carbocycles. The van der Waals surface area contributed by atoms with Crippen LogP contribution in [0.3, 0.4) is 0 Å². The lowest BCUT2D eigenvalue weighted by molar-refractivity contribution is 0.620. The standard InChI is InChI=1S/C38H22N4O/c1-2-7-27(8-3-1)38-42-37-32(43-38)21-19-29-33(37)28-10-4-5-11-31(28)41-34(29)25-14-12-23(13-15-25)30-20-18-26-17-16-24-9-6-22-39-35(24)36(26)40-30/h1-22H. The summed E-state index contributed by atoms with van der Waals surface area (Å²) in [5, 5.41) is 5.30. The number of benzene rings is 5. The lowest BCUT2D eigenvalue weighted by atomic mass is 9.98. The van der Waals surface area contributed by atoms with Crippen LogP contribution in [0.25, 0.3) is 88.5 Å². The van der Waals surface area contributed by atoms with Gasteiger partial charge in [0.25, 0.3) is 0 Å². The predicted octanol–water partition coefficient (Wildman–Crippen LogP) is 9.63. The van der Waals surface area contributed by atoms with Gasteiger partial charge in [0, 0.05) is 49.8 Å². The fourth-order valence-corrected chi connectivity index (χ4v) is 6.03. The van der Waals surface area contributed by atoms with Crippen LogP contribution < -0.4 is 0 Å². The summed E-state index contributed by atoms with van der Waals surface area (Å²) in [6.45, 7) is 0. The predicted molar refractivity (Wildman–Crippen MR) is 174 cm³/mol. The number of para-hydroxylation sites is 1. The first kappa shape index (κ1) is 23.7. The van der Waals surface area contributed by atoms with Crippen molar-refractivity contribution in [3.05, 3.63) is 134 Å². The third-order valence-corrected chi connectivity index (χ3v) is 8.13. The van der Waals surface area contributed by atoms with Crippen LogP contribution in [0.2, 0.25) is 0 Å². The summed E-state index contributed by atoms with van der Waals surface area (Å²) in [5.74, 6) is 0.612. The molecule has 5 heteroatoms. The highest BCUT2D eigenvalue weighted by molar-refractivity contribution is 6.20. The molecule has 0 fully saturated rings. The van der Waals surface area contributed by atoms with E-state index in [9.17, 15) is 0 Å². The van der Waals surface area contributed by atoms with Gasteiger partial charge in [-0.05, 0) is 42.5 Å². The second-order valence-electron chi connectivity index (χ2n) is 10.7. The molecule has 0 aliphatic rings. The Bertz CT molecular complexity index is 2500. The Morgan fingerprint density at radius 3 is 2.12 bits per heavy atom. The summed E-state index contributed by atoms with van der Waals surface area (Å²) >= 11 is 0. The van der Waals surface area contributed by atoms with Gasteiger partial charge in [0.1, 0.15) is 5.52 Å². The number of pyridine rings is 3. The molecule has 0 amide bonds. The minimum Gasteiger partial charge on any atom is -0.436 e. The van der Waals surface area contributed by atoms with Crippen molar-refractivity contribution in [2.24, 2.45) is 0 Å². The van der Waals surface area contributed by atoms with Gasteiger partial charge in [0.2, 0.25) is 5.89 Å². The SMILES string of the molecule is c1ccc(-c2nc3c(ccc4c(-c5ccc(-c6ccc7ccc8cccnc8c7n6)cc5)nc5ccccc5c43)o2)cc1. The van der Waals surface area contributed by atoms with E-state index in [1.165, 1.54) is 0 Å². The van der Waals surface area contributed by atoms with Crippen LogP contribution in [-0.4, -0.2) is 19.9 Å². The highest BCUT2D eigenvalue weighted by Gasteiger charge is 2.17. The van der Waals surface area contributed by atoms with E-state index in [2.05, 4.69) is 77.8 Å². The van der Waals surface area contributed by atoms with Gasteiger partial charge in [-0.15, -0.1) is 0 Å². The lowest BCUT2D eigenvalue weighted by Gasteiger charge is -2.11. The molecule has 0 aliphatic carbocycles. The summed E-state index contributed by atoms with van der Waals surface area (Å²) in [5.41, 5.74) is 9.18. The van der Waals surface area contributed by atoms with Crippen LogP contribution >= 0.6 is 0 Å². The summed E-state index contributed by atoms with van der Waals surface area (Å²) in [6, 6.07) is 43.3. The first-order valence-electron chi connectivity index (χ1n) is 14.2. The van der Waals surface area contributed by atoms with E-state index in [0.29, 0.717) is 5.89 Å². The minimum absolute atomic E-state index is 0.612. The molecule has 0 spiro atoms. The molecule has 0 saturated heterocycles. The topological polar surface area (TPSA) is 64.7 Å². The van der Waals surface area contributed by atoms with Crippen LogP contribution in [-0.2, 0) is 0 Å². The summed E-state index contributed by atoms with van der Waals surface area (Å²) in [4.78, 5) is 19.8. The van der Waals surface area contributed by atoms with E-state index >= 15 is 0 Å². The van der Waals surface area contributed by atoms with Gasteiger partial charge in [-0.3, -0.25) is 4.98 Å². The second-order valence-corrected chi connectivity index (χ2v) is 10.7. The zero-order valence-electron chi connectivity index (χ0n) is 22.9. The largest absolute Gasteiger partial charge is 0.436 e. The molecule has 4 heterocycles. The molecule has 9 aromatic rings. The van der Waals surface area contributed by atoms with E-state index in [4.69, 9.17) is 19.4 Å². The van der Waals surface area contributed by atoms with E-state index < -0.39 is 0 Å². The lowest BCUT2D eigenvalue weighted by Crippen LogP contribution is -1.92. The molecule has 0 aliphatic heterocycles. The van der Waals surface area contributed by atoms with Crippen molar-refractivity contribution < 1.29 is 4.42 Å². The van der Waals surface area contributed by atoms with Crippen LogP contribution in [0.15, 0.2) is 138 Å². The quantitative estimate of drug-likeness (QED) is 0.205. The number of nitrogens with zero attached hydrogens (tertiary/aromatic N) is 4. The van der Waals surface area contributed by atoms with E-state index in [1.54, 1.807) is 0 Å². The maximum Gasteiger partial charge on any atom is 0.227 e. The van der Waals surface area contributed by atoms with Crippen LogP contribution in [0, 0.1) is 0 Å². The van der Waals surface area contributed by atoms with Gasteiger partial charge in [-0.1, -0.05) is 84.9 Å². The van der Waals surface area contributed by atoms with Gasteiger partial charge >= 0.3 is 0 Å². The highest BCUT2D eigenvalue weighted by Crippen LogP contribution is 2.38. The number of hydrogen-bond acceptors (Lipinski definition) is 5. The summed E-state index contributed by atoms with van der Waals surface area (Å²) in [7, 11) is 0. The van der Waals surface area contributed by atoms with Crippen molar-refractivity contribution in [3.8, 4) is 34.0 Å². The molecule has 0 N–H and O–H groups in total. The molecule has 0 unspecified atom stereocenters. The fraction of sp³-hybridized carbons (Fsp3) is 0. The van der Waals surface area contributed by atoms with Crippen molar-refractivity contribution in [2.45, 2.75) is 0 Å². The third-order valence-electron chi connectivity index (χ3n) is 8.13. The molecule has 5 nitrogen and oxygen atoms in total. The molecule has 0 bridgehead atoms. The molecule has 4 aromatic heterocycles. The Morgan fingerprint density at radius 2 is 1.23 bits per heavy atom. The maximum absolute atomic E-state index is 6.24. The molecular weight excluding hydrogens is 528 g/mol. The Morgan fingerprint density at radius 1 is 0.465 bits per heavy atom. The van der Waals surface area contributed by atoms with Crippen molar-refractivity contribution in [2.75, 3.05) is 0 Å². The van der Waals surface area contributed by atoms with Crippen LogP contribution in [0.5, 0.6) is 0 Å². The van der Waals surface area contributed by atoms with Gasteiger partial charge in [-0.2, -0.15) is 0 Å². The van der Waals surface area contributed by atoms with Gasteiger partial charge < -0.3 is 4.42 Å². The second kappa shape index (κ2) is 9.29. The molecular formula is C38H22N4O. The first-order valence-corrected chi connectivity index (χ1v) is 14.2. The van der Waals surface area contributed by atoms with Gasteiger partial charge in [0.05, 0.1) is 27.9 Å². The number of rotatable bonds is 3. The van der Waals surface area contributed by atoms with E-state index in [0.717, 1.165) is 82.7 Å². The minimum atomic E-state index is 0.612. The number of fused-ring (bicyclic) bond motifs is 8. The zero-order chi connectivity index (χ0) is 28.3. The molecule has 200 valence electrons. The average Bonchev–Trinajstić information content (AvgIpc) is 3.53. The van der Waals surface area contributed by atoms with Gasteiger partial charge in [-0.25, -0.2) is 15.0 Å². The maximum atomic E-state index is 6.24. The Kier molecular flexibility index (Phi) is 5.13.